The lowest BCUT2D eigenvalue weighted by molar-refractivity contribution is -0.152. The van der Waals surface area contributed by atoms with Crippen LogP contribution in [0.5, 0.6) is 0 Å². The van der Waals surface area contributed by atoms with Gasteiger partial charge in [0.2, 0.25) is 0 Å². The van der Waals surface area contributed by atoms with E-state index in [1.807, 2.05) is 0 Å². The Morgan fingerprint density at radius 2 is 2.05 bits per heavy atom. The first-order chi connectivity index (χ1) is 9.55. The summed E-state index contributed by atoms with van der Waals surface area (Å²) in [6, 6.07) is 8.56. The van der Waals surface area contributed by atoms with Crippen LogP contribution in [0.15, 0.2) is 24.3 Å². The van der Waals surface area contributed by atoms with Gasteiger partial charge in [0.25, 0.3) is 0 Å². The van der Waals surface area contributed by atoms with Crippen LogP contribution in [-0.4, -0.2) is 29.1 Å². The van der Waals surface area contributed by atoms with Gasteiger partial charge in [-0.15, -0.1) is 0 Å². The third kappa shape index (κ3) is 3.40. The molecule has 0 spiro atoms. The maximum Gasteiger partial charge on any atom is 0.309 e. The second kappa shape index (κ2) is 6.40. The number of aliphatic carboxylic acids is 1. The Hall–Kier alpha value is -1.35. The van der Waals surface area contributed by atoms with Gasteiger partial charge in [-0.2, -0.15) is 0 Å². The van der Waals surface area contributed by atoms with Crippen LogP contribution < -0.4 is 0 Å². The van der Waals surface area contributed by atoms with Gasteiger partial charge in [0.15, 0.2) is 0 Å². The van der Waals surface area contributed by atoms with Crippen molar-refractivity contribution in [1.29, 1.82) is 0 Å². The summed E-state index contributed by atoms with van der Waals surface area (Å²) in [6.07, 6.45) is 3.31. The van der Waals surface area contributed by atoms with Crippen molar-refractivity contribution in [3.63, 3.8) is 0 Å². The molecule has 0 aromatic heterocycles. The highest BCUT2D eigenvalue weighted by Crippen LogP contribution is 2.36. The first-order valence-electron chi connectivity index (χ1n) is 7.57. The minimum atomic E-state index is -0.602. The summed E-state index contributed by atoms with van der Waals surface area (Å²) in [5.74, 6) is -0.602. The molecule has 110 valence electrons. The largest absolute Gasteiger partial charge is 0.481 e. The molecule has 1 aliphatic heterocycles. The van der Waals surface area contributed by atoms with E-state index in [1.165, 1.54) is 11.1 Å². The minimum absolute atomic E-state index is 0.474. The Balaban J connectivity index is 1.95. The molecule has 0 amide bonds. The van der Waals surface area contributed by atoms with Gasteiger partial charge in [-0.05, 0) is 44.8 Å². The van der Waals surface area contributed by atoms with Gasteiger partial charge in [-0.3, -0.25) is 9.69 Å². The third-order valence-corrected chi connectivity index (χ3v) is 4.48. The molecule has 0 saturated carbocycles. The van der Waals surface area contributed by atoms with Crippen molar-refractivity contribution < 1.29 is 9.90 Å². The van der Waals surface area contributed by atoms with Crippen LogP contribution in [0.1, 0.15) is 43.7 Å². The Labute approximate surface area is 121 Å². The first-order valence-corrected chi connectivity index (χ1v) is 7.57. The number of piperidine rings is 1. The van der Waals surface area contributed by atoms with Crippen molar-refractivity contribution in [3.8, 4) is 0 Å². The van der Waals surface area contributed by atoms with E-state index < -0.39 is 11.4 Å². The molecule has 3 nitrogen and oxygen atoms in total. The van der Waals surface area contributed by atoms with E-state index in [1.54, 1.807) is 0 Å². The van der Waals surface area contributed by atoms with Gasteiger partial charge in [0.05, 0.1) is 5.41 Å². The molecule has 1 N–H and O–H groups in total. The van der Waals surface area contributed by atoms with Gasteiger partial charge in [-0.25, -0.2) is 0 Å². The van der Waals surface area contributed by atoms with Crippen molar-refractivity contribution in [3.05, 3.63) is 35.4 Å². The summed E-state index contributed by atoms with van der Waals surface area (Å²) in [5, 5.41) is 9.51. The van der Waals surface area contributed by atoms with E-state index in [-0.39, 0.29) is 0 Å². The van der Waals surface area contributed by atoms with Crippen molar-refractivity contribution in [2.75, 3.05) is 13.1 Å². The van der Waals surface area contributed by atoms with Crippen LogP contribution >= 0.6 is 0 Å². The normalized spacial score (nSPS) is 18.9. The van der Waals surface area contributed by atoms with Gasteiger partial charge in [0, 0.05) is 6.54 Å². The highest BCUT2D eigenvalue weighted by atomic mass is 16.4. The molecule has 1 aromatic carbocycles. The van der Waals surface area contributed by atoms with Crippen molar-refractivity contribution in [2.45, 2.75) is 46.1 Å². The molecule has 20 heavy (non-hydrogen) atoms. The predicted octanol–water partition coefficient (Wildman–Crippen LogP) is 3.46. The van der Waals surface area contributed by atoms with Crippen molar-refractivity contribution in [1.82, 2.24) is 4.90 Å². The summed E-state index contributed by atoms with van der Waals surface area (Å²) < 4.78 is 0. The highest BCUT2D eigenvalue weighted by molar-refractivity contribution is 5.74. The predicted molar refractivity (Wildman–Crippen MR) is 80.7 cm³/mol. The average Bonchev–Trinajstić information content (AvgIpc) is 2.41. The van der Waals surface area contributed by atoms with E-state index in [2.05, 4.69) is 43.0 Å². The maximum atomic E-state index is 11.6. The first kappa shape index (κ1) is 15.0. The average molecular weight is 275 g/mol. The number of likely N-dealkylation sites (tertiary alicyclic amines) is 1. The third-order valence-electron chi connectivity index (χ3n) is 4.48. The molecule has 0 unspecified atom stereocenters. The number of carboxylic acid groups (broad SMARTS) is 1. The van der Waals surface area contributed by atoms with E-state index >= 15 is 0 Å². The van der Waals surface area contributed by atoms with Gasteiger partial charge >= 0.3 is 5.97 Å². The molecule has 1 heterocycles. The van der Waals surface area contributed by atoms with Crippen molar-refractivity contribution in [2.24, 2.45) is 5.41 Å². The highest BCUT2D eigenvalue weighted by Gasteiger charge is 2.40. The number of benzene rings is 1. The van der Waals surface area contributed by atoms with Gasteiger partial charge in [0.1, 0.15) is 0 Å². The molecule has 1 saturated heterocycles. The maximum absolute atomic E-state index is 11.6. The molecular formula is C17H25NO2. The van der Waals surface area contributed by atoms with Crippen LogP contribution in [0.2, 0.25) is 0 Å². The molecular weight excluding hydrogens is 250 g/mol. The molecule has 1 aromatic rings. The fraction of sp³-hybridized carbons (Fsp3) is 0.588. The summed E-state index contributed by atoms with van der Waals surface area (Å²) in [7, 11) is 0. The van der Waals surface area contributed by atoms with Gasteiger partial charge < -0.3 is 5.11 Å². The molecule has 0 aliphatic carbocycles. The van der Waals surface area contributed by atoms with E-state index in [4.69, 9.17) is 0 Å². The number of aryl methyl sites for hydroxylation is 1. The van der Waals surface area contributed by atoms with Crippen LogP contribution in [0, 0.1) is 12.3 Å². The van der Waals surface area contributed by atoms with Crippen LogP contribution in [0.3, 0.4) is 0 Å². The number of hydrogen-bond acceptors (Lipinski definition) is 2. The lowest BCUT2D eigenvalue weighted by Gasteiger charge is -2.38. The number of nitrogens with zero attached hydrogens (tertiary/aromatic N) is 1. The van der Waals surface area contributed by atoms with E-state index in [0.717, 1.165) is 45.3 Å². The zero-order valence-corrected chi connectivity index (χ0v) is 12.6. The summed E-state index contributed by atoms with van der Waals surface area (Å²) >= 11 is 0. The van der Waals surface area contributed by atoms with E-state index in [9.17, 15) is 9.90 Å². The number of rotatable bonds is 5. The number of carboxylic acids is 1. The summed E-state index contributed by atoms with van der Waals surface area (Å²) in [6.45, 7) is 6.89. The fourth-order valence-electron chi connectivity index (χ4n) is 3.26. The Morgan fingerprint density at radius 1 is 1.35 bits per heavy atom. The molecule has 1 fully saturated rings. The fourth-order valence-corrected chi connectivity index (χ4v) is 3.26. The SMILES string of the molecule is CCCC1(C(=O)O)CCN(Cc2cccc(C)c2)CC1. The quantitative estimate of drug-likeness (QED) is 0.894. The Morgan fingerprint density at radius 3 is 2.60 bits per heavy atom. The van der Waals surface area contributed by atoms with Crippen LogP contribution in [0.4, 0.5) is 0 Å². The van der Waals surface area contributed by atoms with Crippen LogP contribution in [-0.2, 0) is 11.3 Å². The minimum Gasteiger partial charge on any atom is -0.481 e. The standard InChI is InChI=1S/C17H25NO2/c1-3-7-17(16(19)20)8-10-18(11-9-17)13-15-6-4-5-14(2)12-15/h4-6,12H,3,7-11,13H2,1-2H3,(H,19,20). The second-order valence-electron chi connectivity index (χ2n) is 6.10. The Bertz CT molecular complexity index is 462. The van der Waals surface area contributed by atoms with E-state index in [0.29, 0.717) is 0 Å². The number of carbonyl (C=O) groups is 1. The lowest BCUT2D eigenvalue weighted by atomic mass is 9.75. The molecule has 3 heteroatoms. The molecule has 0 radical (unpaired) electrons. The zero-order valence-electron chi connectivity index (χ0n) is 12.6. The second-order valence-corrected chi connectivity index (χ2v) is 6.10. The number of hydrogen-bond donors (Lipinski definition) is 1. The Kier molecular flexibility index (Phi) is 4.81. The molecule has 0 bridgehead atoms. The smallest absolute Gasteiger partial charge is 0.309 e. The molecule has 2 rings (SSSR count). The topological polar surface area (TPSA) is 40.5 Å². The molecule has 0 atom stereocenters. The van der Waals surface area contributed by atoms with Crippen LogP contribution in [0.25, 0.3) is 0 Å². The molecule has 1 aliphatic rings. The van der Waals surface area contributed by atoms with Gasteiger partial charge in [-0.1, -0.05) is 43.2 Å². The summed E-state index contributed by atoms with van der Waals surface area (Å²) in [5.41, 5.74) is 2.13. The van der Waals surface area contributed by atoms with Crippen molar-refractivity contribution >= 4 is 5.97 Å². The summed E-state index contributed by atoms with van der Waals surface area (Å²) in [4.78, 5) is 13.9. The lowest BCUT2D eigenvalue weighted by Crippen LogP contribution is -2.44. The monoisotopic (exact) mass is 275 g/mol. The zero-order chi connectivity index (χ0) is 14.6.